The van der Waals surface area contributed by atoms with Crippen LogP contribution in [-0.2, 0) is 6.42 Å². The van der Waals surface area contributed by atoms with Gasteiger partial charge in [-0.05, 0) is 68.5 Å². The number of hydrogen-bond acceptors (Lipinski definition) is 1. The molecule has 1 aromatic carbocycles. The SMILES string of the molecule is Cc1cc(Br)cc(-n2c(C)cc3c2CCCC3N)c1. The minimum atomic E-state index is 0.206. The van der Waals surface area contributed by atoms with E-state index in [9.17, 15) is 0 Å². The van der Waals surface area contributed by atoms with Crippen molar-refractivity contribution in [3.63, 3.8) is 0 Å². The second-order valence-corrected chi connectivity index (χ2v) is 6.42. The third-order valence-corrected chi connectivity index (χ3v) is 4.39. The quantitative estimate of drug-likeness (QED) is 0.839. The van der Waals surface area contributed by atoms with E-state index in [1.807, 2.05) is 0 Å². The lowest BCUT2D eigenvalue weighted by Crippen LogP contribution is -2.18. The molecule has 1 aromatic heterocycles. The van der Waals surface area contributed by atoms with Gasteiger partial charge in [-0.25, -0.2) is 0 Å². The minimum absolute atomic E-state index is 0.206. The number of fused-ring (bicyclic) bond motifs is 1. The lowest BCUT2D eigenvalue weighted by Gasteiger charge is -2.21. The van der Waals surface area contributed by atoms with Crippen molar-refractivity contribution in [3.8, 4) is 5.69 Å². The van der Waals surface area contributed by atoms with Crippen LogP contribution in [0.2, 0.25) is 0 Å². The molecule has 1 aliphatic carbocycles. The predicted molar refractivity (Wildman–Crippen MR) is 82.8 cm³/mol. The maximum absolute atomic E-state index is 6.24. The summed E-state index contributed by atoms with van der Waals surface area (Å²) in [7, 11) is 0. The fourth-order valence-corrected chi connectivity index (χ4v) is 3.74. The van der Waals surface area contributed by atoms with Gasteiger partial charge in [-0.1, -0.05) is 15.9 Å². The van der Waals surface area contributed by atoms with Gasteiger partial charge in [0.1, 0.15) is 0 Å². The largest absolute Gasteiger partial charge is 0.324 e. The van der Waals surface area contributed by atoms with Crippen LogP contribution in [0.3, 0.4) is 0 Å². The molecular weight excluding hydrogens is 300 g/mol. The van der Waals surface area contributed by atoms with Crippen molar-refractivity contribution < 1.29 is 0 Å². The molecular formula is C16H19BrN2. The Labute approximate surface area is 122 Å². The molecule has 0 saturated carbocycles. The molecule has 3 heteroatoms. The molecule has 2 N–H and O–H groups in total. The number of rotatable bonds is 1. The highest BCUT2D eigenvalue weighted by atomic mass is 79.9. The van der Waals surface area contributed by atoms with Crippen molar-refractivity contribution in [1.29, 1.82) is 0 Å². The molecule has 1 heterocycles. The third kappa shape index (κ3) is 2.26. The van der Waals surface area contributed by atoms with E-state index in [4.69, 9.17) is 5.73 Å². The monoisotopic (exact) mass is 318 g/mol. The van der Waals surface area contributed by atoms with Gasteiger partial charge in [0, 0.05) is 27.6 Å². The highest BCUT2D eigenvalue weighted by Crippen LogP contribution is 2.33. The highest BCUT2D eigenvalue weighted by molar-refractivity contribution is 9.10. The molecule has 0 radical (unpaired) electrons. The number of hydrogen-bond donors (Lipinski definition) is 1. The van der Waals surface area contributed by atoms with Crippen LogP contribution >= 0.6 is 15.9 Å². The molecule has 0 fully saturated rings. The number of aromatic nitrogens is 1. The van der Waals surface area contributed by atoms with Gasteiger partial charge in [0.15, 0.2) is 0 Å². The van der Waals surface area contributed by atoms with E-state index in [-0.39, 0.29) is 6.04 Å². The van der Waals surface area contributed by atoms with Crippen LogP contribution < -0.4 is 5.73 Å². The van der Waals surface area contributed by atoms with Gasteiger partial charge in [-0.3, -0.25) is 0 Å². The first kappa shape index (κ1) is 12.9. The van der Waals surface area contributed by atoms with Crippen molar-refractivity contribution in [3.05, 3.63) is 51.3 Å². The topological polar surface area (TPSA) is 30.9 Å². The van der Waals surface area contributed by atoms with Crippen molar-refractivity contribution in [1.82, 2.24) is 4.57 Å². The molecule has 100 valence electrons. The first-order chi connectivity index (χ1) is 9.06. The Kier molecular flexibility index (Phi) is 3.27. The zero-order valence-corrected chi connectivity index (χ0v) is 13.0. The van der Waals surface area contributed by atoms with Gasteiger partial charge >= 0.3 is 0 Å². The fourth-order valence-electron chi connectivity index (χ4n) is 3.14. The van der Waals surface area contributed by atoms with E-state index in [1.165, 1.54) is 34.6 Å². The Morgan fingerprint density at radius 2 is 2.00 bits per heavy atom. The summed E-state index contributed by atoms with van der Waals surface area (Å²) in [6.45, 7) is 4.30. The maximum atomic E-state index is 6.24. The molecule has 0 bridgehead atoms. The fraction of sp³-hybridized carbons (Fsp3) is 0.375. The standard InChI is InChI=1S/C16H19BrN2/c1-10-6-12(17)9-13(7-10)19-11(2)8-14-15(18)4-3-5-16(14)19/h6-9,15H,3-5,18H2,1-2H3. The molecule has 0 aliphatic heterocycles. The lowest BCUT2D eigenvalue weighted by atomic mass is 9.93. The van der Waals surface area contributed by atoms with Gasteiger partial charge in [0.25, 0.3) is 0 Å². The minimum Gasteiger partial charge on any atom is -0.324 e. The average Bonchev–Trinajstić information content (AvgIpc) is 2.65. The van der Waals surface area contributed by atoms with Crippen molar-refractivity contribution >= 4 is 15.9 Å². The van der Waals surface area contributed by atoms with Crippen LogP contribution in [0.25, 0.3) is 5.69 Å². The summed E-state index contributed by atoms with van der Waals surface area (Å²) in [6.07, 6.45) is 3.42. The summed E-state index contributed by atoms with van der Waals surface area (Å²) >= 11 is 3.59. The van der Waals surface area contributed by atoms with E-state index in [0.29, 0.717) is 0 Å². The predicted octanol–water partition coefficient (Wildman–Crippen LogP) is 4.19. The number of nitrogens with two attached hydrogens (primary N) is 1. The van der Waals surface area contributed by atoms with Crippen molar-refractivity contribution in [2.24, 2.45) is 5.73 Å². The van der Waals surface area contributed by atoms with Crippen LogP contribution in [0.1, 0.15) is 41.4 Å². The molecule has 2 aromatic rings. The average molecular weight is 319 g/mol. The Bertz CT molecular complexity index is 608. The van der Waals surface area contributed by atoms with Crippen LogP contribution in [0, 0.1) is 13.8 Å². The van der Waals surface area contributed by atoms with E-state index < -0.39 is 0 Å². The molecule has 1 atom stereocenters. The number of benzene rings is 1. The summed E-state index contributed by atoms with van der Waals surface area (Å²) in [5, 5.41) is 0. The van der Waals surface area contributed by atoms with Crippen molar-refractivity contribution in [2.45, 2.75) is 39.2 Å². The van der Waals surface area contributed by atoms with Gasteiger partial charge in [-0.2, -0.15) is 0 Å². The lowest BCUT2D eigenvalue weighted by molar-refractivity contribution is 0.560. The van der Waals surface area contributed by atoms with Crippen LogP contribution in [-0.4, -0.2) is 4.57 Å². The zero-order valence-electron chi connectivity index (χ0n) is 11.4. The van der Waals surface area contributed by atoms with Gasteiger partial charge in [-0.15, -0.1) is 0 Å². The number of nitrogens with zero attached hydrogens (tertiary/aromatic N) is 1. The van der Waals surface area contributed by atoms with Gasteiger partial charge in [0.2, 0.25) is 0 Å². The summed E-state index contributed by atoms with van der Waals surface area (Å²) < 4.78 is 3.50. The Morgan fingerprint density at radius 1 is 1.21 bits per heavy atom. The van der Waals surface area contributed by atoms with Gasteiger partial charge in [0.05, 0.1) is 0 Å². The van der Waals surface area contributed by atoms with E-state index in [0.717, 1.165) is 17.3 Å². The summed E-state index contributed by atoms with van der Waals surface area (Å²) in [5.41, 5.74) is 12.8. The molecule has 0 amide bonds. The Hall–Kier alpha value is -1.06. The van der Waals surface area contributed by atoms with Crippen LogP contribution in [0.15, 0.2) is 28.7 Å². The van der Waals surface area contributed by atoms with E-state index in [2.05, 4.69) is 58.6 Å². The molecule has 3 rings (SSSR count). The summed E-state index contributed by atoms with van der Waals surface area (Å²) in [6, 6.07) is 9.02. The van der Waals surface area contributed by atoms with E-state index in [1.54, 1.807) is 0 Å². The highest BCUT2D eigenvalue weighted by Gasteiger charge is 2.22. The normalized spacial score (nSPS) is 18.4. The molecule has 0 saturated heterocycles. The first-order valence-corrected chi connectivity index (χ1v) is 7.60. The smallest absolute Gasteiger partial charge is 0.0469 e. The second kappa shape index (κ2) is 4.80. The molecule has 1 aliphatic rings. The van der Waals surface area contributed by atoms with Crippen LogP contribution in [0.5, 0.6) is 0 Å². The molecule has 0 spiro atoms. The van der Waals surface area contributed by atoms with Gasteiger partial charge < -0.3 is 10.3 Å². The molecule has 1 unspecified atom stereocenters. The third-order valence-electron chi connectivity index (χ3n) is 3.93. The number of halogens is 1. The maximum Gasteiger partial charge on any atom is 0.0469 e. The Balaban J connectivity index is 2.20. The van der Waals surface area contributed by atoms with E-state index >= 15 is 0 Å². The molecule has 19 heavy (non-hydrogen) atoms. The zero-order chi connectivity index (χ0) is 13.6. The summed E-state index contributed by atoms with van der Waals surface area (Å²) in [5.74, 6) is 0. The molecule has 2 nitrogen and oxygen atoms in total. The van der Waals surface area contributed by atoms with Crippen LogP contribution in [0.4, 0.5) is 0 Å². The second-order valence-electron chi connectivity index (χ2n) is 5.51. The summed E-state index contributed by atoms with van der Waals surface area (Å²) in [4.78, 5) is 0. The number of aryl methyl sites for hydroxylation is 2. The van der Waals surface area contributed by atoms with Crippen molar-refractivity contribution in [2.75, 3.05) is 0 Å². The Morgan fingerprint density at radius 3 is 2.74 bits per heavy atom. The first-order valence-electron chi connectivity index (χ1n) is 6.80.